The largest absolute Gasteiger partial charge is 0.508 e. The Bertz CT molecular complexity index is 1960. The SMILES string of the molecule is CN1CCC[C@H]1COc1nc(N2CC3CCC(CCC#N)(C2)N3C(=O)OC(C)(C)C)c2cnc(-c3cc(O)cc4ccccc34)c(F)c2n1. The van der Waals surface area contributed by atoms with E-state index in [0.29, 0.717) is 49.3 Å². The van der Waals surface area contributed by atoms with Crippen LogP contribution in [0.3, 0.4) is 0 Å². The number of phenols is 1. The highest BCUT2D eigenvalue weighted by Gasteiger charge is 2.54. The summed E-state index contributed by atoms with van der Waals surface area (Å²) < 4.78 is 28.9. The topological polar surface area (TPSA) is 128 Å². The molecule has 2 aromatic carbocycles. The number of nitrogens with zero attached hydrogens (tertiary/aromatic N) is 7. The molecule has 2 bridgehead atoms. The lowest BCUT2D eigenvalue weighted by molar-refractivity contribution is -0.00806. The molecule has 0 radical (unpaired) electrons. The van der Waals surface area contributed by atoms with E-state index in [4.69, 9.17) is 14.5 Å². The Balaban J connectivity index is 1.33. The van der Waals surface area contributed by atoms with Gasteiger partial charge in [0.1, 0.15) is 35.0 Å². The molecule has 49 heavy (non-hydrogen) atoms. The Kier molecular flexibility index (Phi) is 8.43. The monoisotopic (exact) mass is 667 g/mol. The number of piperazine rings is 1. The Labute approximate surface area is 285 Å². The highest BCUT2D eigenvalue weighted by molar-refractivity contribution is 6.00. The summed E-state index contributed by atoms with van der Waals surface area (Å²) >= 11 is 0. The third-order valence-electron chi connectivity index (χ3n) is 10.1. The number of aromatic hydroxyl groups is 1. The van der Waals surface area contributed by atoms with E-state index < -0.39 is 17.0 Å². The van der Waals surface area contributed by atoms with Crippen molar-refractivity contribution in [1.29, 1.82) is 5.26 Å². The van der Waals surface area contributed by atoms with Crippen LogP contribution in [0.2, 0.25) is 0 Å². The average molecular weight is 668 g/mol. The maximum absolute atomic E-state index is 16.9. The van der Waals surface area contributed by atoms with Gasteiger partial charge in [0.15, 0.2) is 5.82 Å². The fourth-order valence-electron chi connectivity index (χ4n) is 7.87. The second-order valence-corrected chi connectivity index (χ2v) is 14.6. The number of likely N-dealkylation sites (tertiary alicyclic amines) is 1. The van der Waals surface area contributed by atoms with Crippen molar-refractivity contribution in [2.24, 2.45) is 0 Å². The van der Waals surface area contributed by atoms with Crippen LogP contribution in [-0.2, 0) is 4.74 Å². The first-order chi connectivity index (χ1) is 23.5. The van der Waals surface area contributed by atoms with Gasteiger partial charge in [-0.1, -0.05) is 24.3 Å². The van der Waals surface area contributed by atoms with Crippen LogP contribution in [0.15, 0.2) is 42.6 Å². The maximum atomic E-state index is 16.9. The highest BCUT2D eigenvalue weighted by atomic mass is 19.1. The van der Waals surface area contributed by atoms with Gasteiger partial charge in [0, 0.05) is 37.3 Å². The molecule has 3 aliphatic heterocycles. The zero-order valence-corrected chi connectivity index (χ0v) is 28.4. The van der Waals surface area contributed by atoms with Gasteiger partial charge in [-0.3, -0.25) is 9.88 Å². The van der Waals surface area contributed by atoms with E-state index in [1.165, 1.54) is 6.07 Å². The molecule has 1 N–H and O–H groups in total. The van der Waals surface area contributed by atoms with Crippen LogP contribution in [-0.4, -0.2) is 92.5 Å². The minimum atomic E-state index is -0.672. The van der Waals surface area contributed by atoms with Crippen molar-refractivity contribution >= 4 is 33.6 Å². The fraction of sp³-hybridized carbons (Fsp3) is 0.486. The van der Waals surface area contributed by atoms with E-state index in [0.717, 1.165) is 36.6 Å². The van der Waals surface area contributed by atoms with E-state index >= 15 is 4.39 Å². The Morgan fingerprint density at radius 1 is 1.18 bits per heavy atom. The second-order valence-electron chi connectivity index (χ2n) is 14.6. The maximum Gasteiger partial charge on any atom is 0.411 e. The van der Waals surface area contributed by atoms with Crippen molar-refractivity contribution in [2.45, 2.75) is 82.5 Å². The number of pyridine rings is 1. The number of amides is 1. The van der Waals surface area contributed by atoms with Gasteiger partial charge in [-0.2, -0.15) is 15.2 Å². The van der Waals surface area contributed by atoms with Crippen LogP contribution in [0.5, 0.6) is 11.8 Å². The number of aromatic nitrogens is 3. The van der Waals surface area contributed by atoms with Crippen molar-refractivity contribution in [3.05, 3.63) is 48.4 Å². The van der Waals surface area contributed by atoms with Gasteiger partial charge in [-0.25, -0.2) is 9.18 Å². The molecule has 3 atom stereocenters. The Morgan fingerprint density at radius 2 is 2.00 bits per heavy atom. The third kappa shape index (κ3) is 6.16. The molecule has 12 heteroatoms. The van der Waals surface area contributed by atoms with E-state index in [1.54, 1.807) is 12.3 Å². The number of likely N-dealkylation sites (N-methyl/N-ethyl adjacent to an activating group) is 1. The smallest absolute Gasteiger partial charge is 0.411 e. The lowest BCUT2D eigenvalue weighted by Crippen LogP contribution is -2.64. The van der Waals surface area contributed by atoms with E-state index in [-0.39, 0.29) is 47.6 Å². The van der Waals surface area contributed by atoms with Crippen LogP contribution < -0.4 is 9.64 Å². The third-order valence-corrected chi connectivity index (χ3v) is 10.1. The van der Waals surface area contributed by atoms with Crippen molar-refractivity contribution < 1.29 is 23.8 Å². The molecule has 11 nitrogen and oxygen atoms in total. The molecule has 3 aliphatic rings. The Hall–Kier alpha value is -4.76. The minimum Gasteiger partial charge on any atom is -0.508 e. The summed E-state index contributed by atoms with van der Waals surface area (Å²) in [4.78, 5) is 33.9. The number of hydrogen-bond donors (Lipinski definition) is 1. The Morgan fingerprint density at radius 3 is 2.76 bits per heavy atom. The number of benzene rings is 2. The highest BCUT2D eigenvalue weighted by Crippen LogP contribution is 2.45. The van der Waals surface area contributed by atoms with E-state index in [2.05, 4.69) is 32.9 Å². The van der Waals surface area contributed by atoms with Crippen molar-refractivity contribution in [2.75, 3.05) is 38.2 Å². The van der Waals surface area contributed by atoms with Gasteiger partial charge in [-0.05, 0) is 89.4 Å². The number of halogens is 1. The summed E-state index contributed by atoms with van der Waals surface area (Å²) in [5, 5.41) is 22.0. The first-order valence-electron chi connectivity index (χ1n) is 17.0. The van der Waals surface area contributed by atoms with Gasteiger partial charge in [0.2, 0.25) is 0 Å². The average Bonchev–Trinajstić information content (AvgIpc) is 3.58. The van der Waals surface area contributed by atoms with Gasteiger partial charge in [-0.15, -0.1) is 0 Å². The van der Waals surface area contributed by atoms with Crippen LogP contribution in [0.25, 0.3) is 32.9 Å². The molecule has 0 spiro atoms. The standard InChI is InChI=1S/C37H42FN7O4/c1-36(2,3)49-35(47)45-24-12-14-37(45,13-8-15-39)22-44(20-24)33-29-19-40-31(28-18-26(46)17-23-9-5-6-11-27(23)28)30(38)32(29)41-34(42-33)48-21-25-10-7-16-43(25)4/h5-6,9,11,17-19,24-25,46H,7-8,10,12-14,16,20-22H2,1-4H3/t24?,25-,37?/m0/s1. The molecular weight excluding hydrogens is 625 g/mol. The summed E-state index contributed by atoms with van der Waals surface area (Å²) in [7, 11) is 2.06. The van der Waals surface area contributed by atoms with Gasteiger partial charge in [0.05, 0.1) is 23.0 Å². The number of ether oxygens (including phenoxy) is 2. The molecule has 7 rings (SSSR count). The number of carbonyl (C=O) groups is 1. The van der Waals surface area contributed by atoms with E-state index in [1.807, 2.05) is 49.9 Å². The summed E-state index contributed by atoms with van der Waals surface area (Å²) in [5.74, 6) is -0.172. The lowest BCUT2D eigenvalue weighted by atomic mass is 9.89. The molecule has 4 aromatic rings. The van der Waals surface area contributed by atoms with Crippen molar-refractivity contribution in [3.8, 4) is 29.1 Å². The summed E-state index contributed by atoms with van der Waals surface area (Å²) in [6, 6.07) is 12.9. The molecular formula is C37H42FN7O4. The number of rotatable bonds is 7. The molecule has 256 valence electrons. The predicted molar refractivity (Wildman–Crippen MR) is 184 cm³/mol. The zero-order valence-electron chi connectivity index (χ0n) is 28.4. The molecule has 3 fully saturated rings. The molecule has 5 heterocycles. The van der Waals surface area contributed by atoms with Crippen LogP contribution in [0.1, 0.15) is 59.3 Å². The number of fused-ring (bicyclic) bond motifs is 4. The number of carbonyl (C=O) groups excluding carboxylic acids is 1. The summed E-state index contributed by atoms with van der Waals surface area (Å²) in [6.07, 6.45) is 5.44. The molecule has 2 unspecified atom stereocenters. The van der Waals surface area contributed by atoms with E-state index in [9.17, 15) is 15.2 Å². The fourth-order valence-corrected chi connectivity index (χ4v) is 7.87. The first-order valence-corrected chi connectivity index (χ1v) is 17.0. The normalized spacial score (nSPS) is 22.5. The molecule has 1 amide bonds. The second kappa shape index (κ2) is 12.6. The number of hydrogen-bond acceptors (Lipinski definition) is 10. The van der Waals surface area contributed by atoms with Crippen molar-refractivity contribution in [1.82, 2.24) is 24.8 Å². The minimum absolute atomic E-state index is 0.00378. The zero-order chi connectivity index (χ0) is 34.5. The predicted octanol–water partition coefficient (Wildman–Crippen LogP) is 6.42. The van der Waals surface area contributed by atoms with Gasteiger partial charge < -0.3 is 24.4 Å². The van der Waals surface area contributed by atoms with Crippen molar-refractivity contribution in [3.63, 3.8) is 0 Å². The van der Waals surface area contributed by atoms with Crippen LogP contribution in [0, 0.1) is 17.1 Å². The summed E-state index contributed by atoms with van der Waals surface area (Å²) in [5.41, 5.74) is -0.770. The number of anilines is 1. The van der Waals surface area contributed by atoms with Gasteiger partial charge >= 0.3 is 12.1 Å². The lowest BCUT2D eigenvalue weighted by Gasteiger charge is -2.49. The first kappa shape index (κ1) is 32.8. The quantitative estimate of drug-likeness (QED) is 0.236. The summed E-state index contributed by atoms with van der Waals surface area (Å²) in [6.45, 7) is 7.69. The van der Waals surface area contributed by atoms with Crippen LogP contribution in [0.4, 0.5) is 15.0 Å². The number of nitriles is 1. The van der Waals surface area contributed by atoms with Gasteiger partial charge in [0.25, 0.3) is 0 Å². The molecule has 3 saturated heterocycles. The molecule has 0 saturated carbocycles. The van der Waals surface area contributed by atoms with Crippen LogP contribution >= 0.6 is 0 Å². The molecule has 0 aliphatic carbocycles. The molecule has 2 aromatic heterocycles. The number of phenolic OH excluding ortho intramolecular Hbond substituents is 1.